The quantitative estimate of drug-likeness (QED) is 0.813. The minimum absolute atomic E-state index is 0.0124. The fourth-order valence-electron chi connectivity index (χ4n) is 3.43. The molecule has 0 radical (unpaired) electrons. The van der Waals surface area contributed by atoms with Crippen LogP contribution in [0, 0.1) is 17.2 Å². The van der Waals surface area contributed by atoms with Crippen LogP contribution < -0.4 is 0 Å². The SMILES string of the molecule is CC1(C)[C@H](c2ccccc2)[C@@H]1C(=O)Cc1ccc(F)cc1. The molecule has 0 heterocycles. The van der Waals surface area contributed by atoms with Crippen molar-refractivity contribution in [1.29, 1.82) is 0 Å². The Balaban J connectivity index is 1.75. The van der Waals surface area contributed by atoms with Crippen LogP contribution in [0.1, 0.15) is 30.9 Å². The topological polar surface area (TPSA) is 17.1 Å². The minimum atomic E-state index is -0.264. The van der Waals surface area contributed by atoms with Crippen LogP contribution in [0.2, 0.25) is 0 Å². The van der Waals surface area contributed by atoms with Gasteiger partial charge in [-0.3, -0.25) is 4.79 Å². The molecule has 1 aliphatic rings. The van der Waals surface area contributed by atoms with Crippen LogP contribution in [-0.4, -0.2) is 5.78 Å². The Morgan fingerprint density at radius 1 is 1.05 bits per heavy atom. The highest BCUT2D eigenvalue weighted by molar-refractivity contribution is 5.88. The van der Waals surface area contributed by atoms with Crippen LogP contribution in [0.4, 0.5) is 4.39 Å². The van der Waals surface area contributed by atoms with E-state index in [0.29, 0.717) is 12.3 Å². The normalized spacial score (nSPS) is 22.8. The van der Waals surface area contributed by atoms with Crippen molar-refractivity contribution in [2.75, 3.05) is 0 Å². The molecule has 0 bridgehead atoms. The standard InChI is InChI=1S/C19H19FO/c1-19(2)17(14-6-4-3-5-7-14)18(19)16(21)12-13-8-10-15(20)11-9-13/h3-11,17-18H,12H2,1-2H3/t17-,18+/m1/s1. The van der Waals surface area contributed by atoms with E-state index in [1.807, 2.05) is 18.2 Å². The Morgan fingerprint density at radius 2 is 1.67 bits per heavy atom. The number of hydrogen-bond acceptors (Lipinski definition) is 1. The molecule has 21 heavy (non-hydrogen) atoms. The van der Waals surface area contributed by atoms with E-state index in [1.165, 1.54) is 17.7 Å². The average molecular weight is 282 g/mol. The molecule has 1 aliphatic carbocycles. The first-order valence-electron chi connectivity index (χ1n) is 7.32. The van der Waals surface area contributed by atoms with Gasteiger partial charge in [-0.15, -0.1) is 0 Å². The third-order valence-electron chi connectivity index (χ3n) is 4.62. The molecule has 0 spiro atoms. The summed E-state index contributed by atoms with van der Waals surface area (Å²) in [5, 5.41) is 0. The van der Waals surface area contributed by atoms with Crippen molar-refractivity contribution in [2.24, 2.45) is 11.3 Å². The second-order valence-electron chi connectivity index (χ2n) is 6.46. The number of benzene rings is 2. The van der Waals surface area contributed by atoms with Crippen LogP contribution in [0.25, 0.3) is 0 Å². The van der Waals surface area contributed by atoms with Gasteiger partial charge in [0, 0.05) is 12.3 Å². The van der Waals surface area contributed by atoms with Gasteiger partial charge in [0.05, 0.1) is 0 Å². The molecule has 1 fully saturated rings. The van der Waals surface area contributed by atoms with Gasteiger partial charge < -0.3 is 0 Å². The van der Waals surface area contributed by atoms with Crippen LogP contribution in [-0.2, 0) is 11.2 Å². The van der Waals surface area contributed by atoms with Gasteiger partial charge in [0.1, 0.15) is 11.6 Å². The molecular formula is C19H19FO. The van der Waals surface area contributed by atoms with Gasteiger partial charge in [-0.1, -0.05) is 56.3 Å². The van der Waals surface area contributed by atoms with Crippen molar-refractivity contribution in [2.45, 2.75) is 26.2 Å². The Hall–Kier alpha value is -1.96. The number of carbonyl (C=O) groups excluding carboxylic acids is 1. The van der Waals surface area contributed by atoms with Gasteiger partial charge in [-0.25, -0.2) is 4.39 Å². The first-order chi connectivity index (χ1) is 10.00. The first-order valence-corrected chi connectivity index (χ1v) is 7.32. The predicted octanol–water partition coefficient (Wildman–Crippen LogP) is 4.38. The fraction of sp³-hybridized carbons (Fsp3) is 0.316. The summed E-state index contributed by atoms with van der Waals surface area (Å²) < 4.78 is 12.9. The molecular weight excluding hydrogens is 263 g/mol. The highest BCUT2D eigenvalue weighted by Gasteiger charge is 2.61. The summed E-state index contributed by atoms with van der Waals surface area (Å²) in [6, 6.07) is 16.4. The van der Waals surface area contributed by atoms with E-state index in [2.05, 4.69) is 26.0 Å². The smallest absolute Gasteiger partial charge is 0.141 e. The molecule has 2 atom stereocenters. The number of carbonyl (C=O) groups is 1. The van der Waals surface area contributed by atoms with Crippen LogP contribution in [0.5, 0.6) is 0 Å². The number of ketones is 1. The summed E-state index contributed by atoms with van der Waals surface area (Å²) in [5.74, 6) is 0.345. The predicted molar refractivity (Wildman–Crippen MR) is 81.6 cm³/mol. The van der Waals surface area contributed by atoms with Crippen molar-refractivity contribution in [3.05, 3.63) is 71.5 Å². The molecule has 0 aromatic heterocycles. The molecule has 3 rings (SSSR count). The van der Waals surface area contributed by atoms with Crippen LogP contribution >= 0.6 is 0 Å². The molecule has 0 unspecified atom stereocenters. The first kappa shape index (κ1) is 14.0. The lowest BCUT2D eigenvalue weighted by Crippen LogP contribution is -2.09. The number of hydrogen-bond donors (Lipinski definition) is 0. The summed E-state index contributed by atoms with van der Waals surface area (Å²) in [6.07, 6.45) is 0.387. The van der Waals surface area contributed by atoms with Crippen molar-refractivity contribution in [3.8, 4) is 0 Å². The summed E-state index contributed by atoms with van der Waals surface area (Å²) in [7, 11) is 0. The highest BCUT2D eigenvalue weighted by Crippen LogP contribution is 2.64. The summed E-state index contributed by atoms with van der Waals surface area (Å²) in [6.45, 7) is 4.30. The lowest BCUT2D eigenvalue weighted by atomic mass is 10.0. The van der Waals surface area contributed by atoms with E-state index in [4.69, 9.17) is 0 Å². The van der Waals surface area contributed by atoms with Gasteiger partial charge in [-0.05, 0) is 34.6 Å². The van der Waals surface area contributed by atoms with E-state index < -0.39 is 0 Å². The molecule has 1 nitrogen and oxygen atoms in total. The largest absolute Gasteiger partial charge is 0.299 e. The van der Waals surface area contributed by atoms with E-state index in [-0.39, 0.29) is 22.9 Å². The number of halogens is 1. The van der Waals surface area contributed by atoms with Gasteiger partial charge in [0.15, 0.2) is 0 Å². The molecule has 108 valence electrons. The van der Waals surface area contributed by atoms with Gasteiger partial charge >= 0.3 is 0 Å². The zero-order valence-electron chi connectivity index (χ0n) is 12.3. The summed E-state index contributed by atoms with van der Waals surface area (Å²) in [5.41, 5.74) is 2.13. The molecule has 0 N–H and O–H groups in total. The molecule has 2 heteroatoms. The third-order valence-corrected chi connectivity index (χ3v) is 4.62. The van der Waals surface area contributed by atoms with Crippen molar-refractivity contribution >= 4 is 5.78 Å². The van der Waals surface area contributed by atoms with Gasteiger partial charge in [-0.2, -0.15) is 0 Å². The second kappa shape index (κ2) is 5.10. The van der Waals surface area contributed by atoms with Crippen LogP contribution in [0.3, 0.4) is 0 Å². The monoisotopic (exact) mass is 282 g/mol. The average Bonchev–Trinajstić information content (AvgIpc) is 3.05. The summed E-state index contributed by atoms with van der Waals surface area (Å²) in [4.78, 5) is 12.6. The maximum absolute atomic E-state index is 12.9. The maximum atomic E-state index is 12.9. The van der Waals surface area contributed by atoms with Crippen molar-refractivity contribution < 1.29 is 9.18 Å². The maximum Gasteiger partial charge on any atom is 0.141 e. The second-order valence-corrected chi connectivity index (χ2v) is 6.46. The van der Waals surface area contributed by atoms with Crippen LogP contribution in [0.15, 0.2) is 54.6 Å². The molecule has 2 aromatic carbocycles. The van der Waals surface area contributed by atoms with E-state index in [1.54, 1.807) is 12.1 Å². The zero-order valence-corrected chi connectivity index (χ0v) is 12.3. The molecule has 1 saturated carbocycles. The molecule has 2 aromatic rings. The van der Waals surface area contributed by atoms with E-state index in [0.717, 1.165) is 5.56 Å². The minimum Gasteiger partial charge on any atom is -0.299 e. The molecule has 0 amide bonds. The molecule has 0 aliphatic heterocycles. The number of rotatable bonds is 4. The Kier molecular flexibility index (Phi) is 3.40. The van der Waals surface area contributed by atoms with E-state index >= 15 is 0 Å². The third kappa shape index (κ3) is 2.63. The summed E-state index contributed by atoms with van der Waals surface area (Å²) >= 11 is 0. The van der Waals surface area contributed by atoms with Crippen molar-refractivity contribution in [1.82, 2.24) is 0 Å². The van der Waals surface area contributed by atoms with Crippen molar-refractivity contribution in [3.63, 3.8) is 0 Å². The Labute approximate surface area is 124 Å². The highest BCUT2D eigenvalue weighted by atomic mass is 19.1. The molecule has 0 saturated heterocycles. The fourth-order valence-corrected chi connectivity index (χ4v) is 3.43. The lowest BCUT2D eigenvalue weighted by Gasteiger charge is -2.02. The van der Waals surface area contributed by atoms with Gasteiger partial charge in [0.2, 0.25) is 0 Å². The lowest BCUT2D eigenvalue weighted by molar-refractivity contribution is -0.120. The number of Topliss-reactive ketones (excluding diaryl/α,β-unsaturated/α-hetero) is 1. The Morgan fingerprint density at radius 3 is 2.29 bits per heavy atom. The van der Waals surface area contributed by atoms with E-state index in [9.17, 15) is 9.18 Å². The Bertz CT molecular complexity index is 643. The van der Waals surface area contributed by atoms with Gasteiger partial charge in [0.25, 0.3) is 0 Å². The zero-order chi connectivity index (χ0) is 15.0.